The van der Waals surface area contributed by atoms with Gasteiger partial charge in [-0.25, -0.2) is 4.79 Å². The number of aromatic nitrogens is 2. The third kappa shape index (κ3) is 1.83. The zero-order chi connectivity index (χ0) is 11.7. The predicted molar refractivity (Wildman–Crippen MR) is 60.0 cm³/mol. The number of hydrogen-bond acceptors (Lipinski definition) is 5. The first-order valence-electron chi connectivity index (χ1n) is 4.79. The monoisotopic (exact) mass is 238 g/mol. The number of carbonyl (C=O) groups excluding carboxylic acids is 1. The molecule has 0 saturated carbocycles. The number of aryl methyl sites for hydroxylation is 1. The Morgan fingerprint density at radius 1 is 1.62 bits per heavy atom. The molecule has 0 amide bonds. The van der Waals surface area contributed by atoms with Crippen LogP contribution >= 0.6 is 11.3 Å². The topological polar surface area (TPSA) is 60.7 Å². The molecule has 2 rings (SSSR count). The van der Waals surface area contributed by atoms with Gasteiger partial charge in [-0.05, 0) is 13.8 Å². The van der Waals surface area contributed by atoms with Gasteiger partial charge in [0.05, 0.1) is 6.61 Å². The van der Waals surface area contributed by atoms with Crippen LogP contribution in [-0.4, -0.2) is 22.0 Å². The van der Waals surface area contributed by atoms with E-state index in [4.69, 9.17) is 4.74 Å². The van der Waals surface area contributed by atoms with Crippen molar-refractivity contribution in [1.29, 1.82) is 0 Å². The maximum absolute atomic E-state index is 11.6. The zero-order valence-corrected chi connectivity index (χ0v) is 9.71. The van der Waals surface area contributed by atoms with Crippen molar-refractivity contribution in [2.24, 2.45) is 0 Å². The molecule has 0 spiro atoms. The fraction of sp³-hybridized carbons (Fsp3) is 0.300. The molecule has 0 saturated heterocycles. The van der Waals surface area contributed by atoms with Crippen LogP contribution in [0.2, 0.25) is 0 Å². The van der Waals surface area contributed by atoms with Crippen LogP contribution in [0.1, 0.15) is 22.3 Å². The van der Waals surface area contributed by atoms with Crippen molar-refractivity contribution in [3.05, 3.63) is 33.2 Å². The summed E-state index contributed by atoms with van der Waals surface area (Å²) in [6.45, 7) is 3.89. The number of hydrogen-bond donors (Lipinski definition) is 0. The van der Waals surface area contributed by atoms with Gasteiger partial charge in [-0.15, -0.1) is 11.3 Å². The molecular weight excluding hydrogens is 228 g/mol. The smallest absolute Gasteiger partial charge is 0.355 e. The fourth-order valence-corrected chi connectivity index (χ4v) is 2.21. The van der Waals surface area contributed by atoms with Crippen LogP contribution in [0, 0.1) is 6.92 Å². The summed E-state index contributed by atoms with van der Waals surface area (Å²) in [7, 11) is 0. The number of ether oxygens (including phenoxy) is 1. The molecule has 0 atom stereocenters. The highest BCUT2D eigenvalue weighted by atomic mass is 32.1. The van der Waals surface area contributed by atoms with E-state index in [1.54, 1.807) is 17.5 Å². The van der Waals surface area contributed by atoms with E-state index in [-0.39, 0.29) is 12.3 Å². The Morgan fingerprint density at radius 2 is 2.38 bits per heavy atom. The third-order valence-electron chi connectivity index (χ3n) is 1.98. The molecule has 0 N–H and O–H groups in total. The molecule has 6 heteroatoms. The second-order valence-electron chi connectivity index (χ2n) is 3.19. The van der Waals surface area contributed by atoms with Crippen molar-refractivity contribution in [1.82, 2.24) is 9.38 Å². The van der Waals surface area contributed by atoms with E-state index in [1.807, 2.05) is 6.92 Å². The average molecular weight is 238 g/mol. The third-order valence-corrected chi connectivity index (χ3v) is 2.88. The van der Waals surface area contributed by atoms with E-state index < -0.39 is 11.5 Å². The van der Waals surface area contributed by atoms with Gasteiger partial charge in [0.25, 0.3) is 5.56 Å². The number of carbonyl (C=O) groups is 1. The molecule has 5 nitrogen and oxygen atoms in total. The summed E-state index contributed by atoms with van der Waals surface area (Å²) in [6.07, 6.45) is 1.76. The molecule has 0 aliphatic carbocycles. The first-order chi connectivity index (χ1) is 7.61. The minimum absolute atomic E-state index is 0.223. The van der Waals surface area contributed by atoms with E-state index in [0.717, 1.165) is 4.88 Å². The van der Waals surface area contributed by atoms with Gasteiger partial charge in [-0.1, -0.05) is 0 Å². The van der Waals surface area contributed by atoms with Gasteiger partial charge in [0.1, 0.15) is 5.69 Å². The molecule has 0 fully saturated rings. The zero-order valence-electron chi connectivity index (χ0n) is 8.89. The summed E-state index contributed by atoms with van der Waals surface area (Å²) in [6, 6.07) is 1.19. The summed E-state index contributed by atoms with van der Waals surface area (Å²) >= 11 is 1.36. The maximum Gasteiger partial charge on any atom is 0.355 e. The van der Waals surface area contributed by atoms with Gasteiger partial charge in [-0.2, -0.15) is 4.98 Å². The number of nitrogens with zero attached hydrogens (tertiary/aromatic N) is 2. The molecular formula is C10H10N2O3S. The molecule has 2 aromatic rings. The SMILES string of the molecule is CCOC(=O)c1cc(=O)nc2sc(C)cn12. The van der Waals surface area contributed by atoms with Crippen molar-refractivity contribution >= 4 is 22.3 Å². The Morgan fingerprint density at radius 3 is 3.06 bits per heavy atom. The molecule has 0 bridgehead atoms. The van der Waals surface area contributed by atoms with Gasteiger partial charge in [0, 0.05) is 17.1 Å². The van der Waals surface area contributed by atoms with Gasteiger partial charge in [0.15, 0.2) is 4.96 Å². The Labute approximate surface area is 95.3 Å². The Bertz CT molecular complexity index is 600. The van der Waals surface area contributed by atoms with Crippen LogP contribution in [0.15, 0.2) is 17.1 Å². The molecule has 0 unspecified atom stereocenters. The van der Waals surface area contributed by atoms with Gasteiger partial charge in [0.2, 0.25) is 0 Å². The summed E-state index contributed by atoms with van der Waals surface area (Å²) < 4.78 is 6.46. The van der Waals surface area contributed by atoms with Crippen LogP contribution in [0.4, 0.5) is 0 Å². The normalized spacial score (nSPS) is 10.6. The van der Waals surface area contributed by atoms with Crippen molar-refractivity contribution in [2.75, 3.05) is 6.61 Å². The number of rotatable bonds is 2. The van der Waals surface area contributed by atoms with Crippen molar-refractivity contribution in [2.45, 2.75) is 13.8 Å². The number of thiazole rings is 1. The first-order valence-corrected chi connectivity index (χ1v) is 5.60. The Kier molecular flexibility index (Phi) is 2.74. The lowest BCUT2D eigenvalue weighted by Crippen LogP contribution is -2.16. The summed E-state index contributed by atoms with van der Waals surface area (Å²) in [5.41, 5.74) is -0.203. The van der Waals surface area contributed by atoms with Crippen LogP contribution in [0.3, 0.4) is 0 Å². The maximum atomic E-state index is 11.6. The molecule has 84 valence electrons. The van der Waals surface area contributed by atoms with Crippen molar-refractivity contribution in [3.63, 3.8) is 0 Å². The van der Waals surface area contributed by atoms with E-state index in [0.29, 0.717) is 4.96 Å². The second kappa shape index (κ2) is 4.05. The lowest BCUT2D eigenvalue weighted by molar-refractivity contribution is 0.0517. The van der Waals surface area contributed by atoms with Crippen LogP contribution < -0.4 is 5.56 Å². The number of fused-ring (bicyclic) bond motifs is 1. The highest BCUT2D eigenvalue weighted by Crippen LogP contribution is 2.15. The summed E-state index contributed by atoms with van der Waals surface area (Å²) in [4.78, 5) is 28.2. The standard InChI is InChI=1S/C10H10N2O3S/c1-3-15-9(14)7-4-8(13)11-10-12(7)5-6(2)16-10/h4-5H,3H2,1-2H3. The lowest BCUT2D eigenvalue weighted by atomic mass is 10.4. The quantitative estimate of drug-likeness (QED) is 0.738. The van der Waals surface area contributed by atoms with Gasteiger partial charge in [-0.3, -0.25) is 9.20 Å². The van der Waals surface area contributed by atoms with E-state index in [1.165, 1.54) is 17.4 Å². The summed E-state index contributed by atoms with van der Waals surface area (Å²) in [5.74, 6) is -0.505. The second-order valence-corrected chi connectivity index (χ2v) is 4.41. The van der Waals surface area contributed by atoms with Crippen LogP contribution in [-0.2, 0) is 4.74 Å². The van der Waals surface area contributed by atoms with E-state index >= 15 is 0 Å². The minimum Gasteiger partial charge on any atom is -0.461 e. The highest BCUT2D eigenvalue weighted by Gasteiger charge is 2.14. The largest absolute Gasteiger partial charge is 0.461 e. The minimum atomic E-state index is -0.505. The molecule has 2 heterocycles. The van der Waals surface area contributed by atoms with Crippen LogP contribution in [0.25, 0.3) is 4.96 Å². The van der Waals surface area contributed by atoms with E-state index in [2.05, 4.69) is 4.98 Å². The predicted octanol–water partition coefficient (Wildman–Crippen LogP) is 1.24. The van der Waals surface area contributed by atoms with E-state index in [9.17, 15) is 9.59 Å². The first kappa shape index (κ1) is 10.8. The molecule has 0 aliphatic heterocycles. The van der Waals surface area contributed by atoms with Crippen molar-refractivity contribution < 1.29 is 9.53 Å². The molecule has 0 aliphatic rings. The fourth-order valence-electron chi connectivity index (χ4n) is 1.38. The van der Waals surface area contributed by atoms with Gasteiger partial charge < -0.3 is 4.74 Å². The average Bonchev–Trinajstić information content (AvgIpc) is 2.57. The lowest BCUT2D eigenvalue weighted by Gasteiger charge is -2.03. The molecule has 2 aromatic heterocycles. The molecule has 0 radical (unpaired) electrons. The van der Waals surface area contributed by atoms with Crippen LogP contribution in [0.5, 0.6) is 0 Å². The Balaban J connectivity index is 2.67. The van der Waals surface area contributed by atoms with Crippen molar-refractivity contribution in [3.8, 4) is 0 Å². The highest BCUT2D eigenvalue weighted by molar-refractivity contribution is 7.16. The Hall–Kier alpha value is -1.69. The van der Waals surface area contributed by atoms with Gasteiger partial charge >= 0.3 is 5.97 Å². The molecule has 16 heavy (non-hydrogen) atoms. The summed E-state index contributed by atoms with van der Waals surface area (Å²) in [5, 5.41) is 0. The number of esters is 1. The molecule has 0 aromatic carbocycles.